The predicted molar refractivity (Wildman–Crippen MR) is 103 cm³/mol. The number of rotatable bonds is 7. The van der Waals surface area contributed by atoms with Crippen molar-refractivity contribution in [1.29, 1.82) is 0 Å². The third-order valence-corrected chi connectivity index (χ3v) is 4.51. The molecule has 0 aliphatic rings. The van der Waals surface area contributed by atoms with E-state index in [-0.39, 0.29) is 12.2 Å². The molecule has 0 fully saturated rings. The van der Waals surface area contributed by atoms with Crippen LogP contribution in [-0.2, 0) is 16.6 Å². The van der Waals surface area contributed by atoms with Crippen LogP contribution in [0.25, 0.3) is 5.69 Å². The highest BCUT2D eigenvalue weighted by Gasteiger charge is 2.19. The Morgan fingerprint density at radius 2 is 1.97 bits per heavy atom. The molecule has 0 atom stereocenters. The minimum Gasteiger partial charge on any atom is -0.494 e. The van der Waals surface area contributed by atoms with Crippen molar-refractivity contribution in [3.05, 3.63) is 71.6 Å². The van der Waals surface area contributed by atoms with Gasteiger partial charge in [-0.2, -0.15) is 5.10 Å². The van der Waals surface area contributed by atoms with Gasteiger partial charge in [-0.15, -0.1) is 0 Å². The average molecular weight is 437 g/mol. The van der Waals surface area contributed by atoms with Gasteiger partial charge in [0.1, 0.15) is 35.4 Å². The van der Waals surface area contributed by atoms with Crippen LogP contribution in [0, 0.1) is 11.6 Å². The Morgan fingerprint density at radius 3 is 2.60 bits per heavy atom. The van der Waals surface area contributed by atoms with E-state index in [0.717, 1.165) is 12.3 Å². The SMILES string of the molecule is COc1cc(OCc2cc(F)c(C(=O)NS(C)(=O)=O)cc2F)ccc1-n1cccn1. The van der Waals surface area contributed by atoms with Crippen LogP contribution < -0.4 is 14.2 Å². The van der Waals surface area contributed by atoms with Crippen LogP contribution in [0.4, 0.5) is 8.78 Å². The molecule has 1 amide bonds. The van der Waals surface area contributed by atoms with E-state index in [1.165, 1.54) is 7.11 Å². The van der Waals surface area contributed by atoms with E-state index in [0.29, 0.717) is 23.3 Å². The molecule has 1 heterocycles. The number of carbonyl (C=O) groups is 1. The summed E-state index contributed by atoms with van der Waals surface area (Å²) in [5.74, 6) is -2.48. The van der Waals surface area contributed by atoms with E-state index in [4.69, 9.17) is 9.47 Å². The largest absolute Gasteiger partial charge is 0.494 e. The molecule has 1 N–H and O–H groups in total. The lowest BCUT2D eigenvalue weighted by Crippen LogP contribution is -2.30. The molecular weight excluding hydrogens is 420 g/mol. The molecule has 0 saturated heterocycles. The Morgan fingerprint density at radius 1 is 1.20 bits per heavy atom. The standard InChI is InChI=1S/C19H17F2N3O5S/c1-28-18-9-13(4-5-17(18)24-7-3-6-22-24)29-11-12-8-16(21)14(10-15(12)20)19(25)23-30(2,26)27/h3-10H,11H2,1-2H3,(H,23,25). The topological polar surface area (TPSA) is 99.5 Å². The van der Waals surface area contributed by atoms with Crippen molar-refractivity contribution in [3.63, 3.8) is 0 Å². The van der Waals surface area contributed by atoms with E-state index in [2.05, 4.69) is 5.10 Å². The van der Waals surface area contributed by atoms with Gasteiger partial charge in [-0.1, -0.05) is 0 Å². The van der Waals surface area contributed by atoms with E-state index in [1.54, 1.807) is 46.1 Å². The molecular formula is C19H17F2N3O5S. The molecule has 0 saturated carbocycles. The average Bonchev–Trinajstić information content (AvgIpc) is 3.21. The van der Waals surface area contributed by atoms with E-state index >= 15 is 0 Å². The molecule has 1 aromatic heterocycles. The van der Waals surface area contributed by atoms with Gasteiger partial charge in [-0.25, -0.2) is 26.6 Å². The first-order chi connectivity index (χ1) is 14.2. The van der Waals surface area contributed by atoms with Crippen molar-refractivity contribution >= 4 is 15.9 Å². The summed E-state index contributed by atoms with van der Waals surface area (Å²) in [5.41, 5.74) is -0.223. The summed E-state index contributed by atoms with van der Waals surface area (Å²) in [6, 6.07) is 8.02. The first-order valence-electron chi connectivity index (χ1n) is 8.49. The van der Waals surface area contributed by atoms with Gasteiger partial charge in [-0.3, -0.25) is 4.79 Å². The molecule has 3 aromatic rings. The molecule has 0 aliphatic carbocycles. The monoisotopic (exact) mass is 437 g/mol. The van der Waals surface area contributed by atoms with Gasteiger partial charge in [0.25, 0.3) is 5.91 Å². The maximum Gasteiger partial charge on any atom is 0.267 e. The van der Waals surface area contributed by atoms with E-state index in [9.17, 15) is 22.0 Å². The van der Waals surface area contributed by atoms with Crippen LogP contribution in [-0.4, -0.2) is 37.5 Å². The summed E-state index contributed by atoms with van der Waals surface area (Å²) < 4.78 is 64.7. The number of halogens is 2. The molecule has 158 valence electrons. The minimum atomic E-state index is -3.92. The molecule has 0 aliphatic heterocycles. The number of carbonyl (C=O) groups excluding carboxylic acids is 1. The van der Waals surface area contributed by atoms with Gasteiger partial charge in [0.05, 0.1) is 18.9 Å². The second kappa shape index (κ2) is 8.49. The van der Waals surface area contributed by atoms with E-state index in [1.807, 2.05) is 0 Å². The van der Waals surface area contributed by atoms with Gasteiger partial charge >= 0.3 is 0 Å². The van der Waals surface area contributed by atoms with Gasteiger partial charge < -0.3 is 9.47 Å². The third-order valence-electron chi connectivity index (χ3n) is 3.96. The zero-order valence-corrected chi connectivity index (χ0v) is 16.7. The van der Waals surface area contributed by atoms with Crippen molar-refractivity contribution < 1.29 is 31.5 Å². The summed E-state index contributed by atoms with van der Waals surface area (Å²) in [6.07, 6.45) is 4.08. The number of methoxy groups -OCH3 is 1. The Balaban J connectivity index is 1.77. The van der Waals surface area contributed by atoms with Gasteiger partial charge in [-0.05, 0) is 30.3 Å². The van der Waals surface area contributed by atoms with Gasteiger partial charge in [0, 0.05) is 24.0 Å². The number of nitrogens with one attached hydrogen (secondary N) is 1. The first-order valence-corrected chi connectivity index (χ1v) is 10.4. The van der Waals surface area contributed by atoms with Crippen molar-refractivity contribution in [3.8, 4) is 17.2 Å². The highest BCUT2D eigenvalue weighted by Crippen LogP contribution is 2.28. The van der Waals surface area contributed by atoms with Crippen molar-refractivity contribution in [2.75, 3.05) is 13.4 Å². The maximum atomic E-state index is 14.3. The van der Waals surface area contributed by atoms with Crippen LogP contribution in [0.3, 0.4) is 0 Å². The zero-order valence-electron chi connectivity index (χ0n) is 15.9. The molecule has 11 heteroatoms. The van der Waals surface area contributed by atoms with Crippen LogP contribution in [0.5, 0.6) is 11.5 Å². The Bertz CT molecular complexity index is 1180. The predicted octanol–water partition coefficient (Wildman–Crippen LogP) is 2.43. The summed E-state index contributed by atoms with van der Waals surface area (Å²) in [6.45, 7) is -0.332. The molecule has 0 spiro atoms. The number of ether oxygens (including phenoxy) is 2. The number of hydrogen-bond donors (Lipinski definition) is 1. The van der Waals surface area contributed by atoms with Gasteiger partial charge in [0.15, 0.2) is 0 Å². The number of hydrogen-bond acceptors (Lipinski definition) is 6. The molecule has 8 nitrogen and oxygen atoms in total. The fourth-order valence-corrected chi connectivity index (χ4v) is 3.05. The van der Waals surface area contributed by atoms with Gasteiger partial charge in [0.2, 0.25) is 10.0 Å². The summed E-state index contributed by atoms with van der Waals surface area (Å²) in [7, 11) is -2.44. The lowest BCUT2D eigenvalue weighted by molar-refractivity contribution is 0.0977. The summed E-state index contributed by atoms with van der Waals surface area (Å²) in [4.78, 5) is 11.8. The quantitative estimate of drug-likeness (QED) is 0.610. The fourth-order valence-electron chi connectivity index (χ4n) is 2.61. The third kappa shape index (κ3) is 4.92. The van der Waals surface area contributed by atoms with E-state index < -0.39 is 33.1 Å². The summed E-state index contributed by atoms with van der Waals surface area (Å²) in [5, 5.41) is 4.12. The van der Waals surface area contributed by atoms with Crippen LogP contribution >= 0.6 is 0 Å². The van der Waals surface area contributed by atoms with Crippen molar-refractivity contribution in [2.24, 2.45) is 0 Å². The maximum absolute atomic E-state index is 14.3. The number of benzene rings is 2. The second-order valence-electron chi connectivity index (χ2n) is 6.20. The molecule has 3 rings (SSSR count). The Labute approximate surface area is 171 Å². The highest BCUT2D eigenvalue weighted by molar-refractivity contribution is 7.89. The number of aromatic nitrogens is 2. The number of nitrogens with zero attached hydrogens (tertiary/aromatic N) is 2. The Kier molecular flexibility index (Phi) is 6.01. The fraction of sp³-hybridized carbons (Fsp3) is 0.158. The van der Waals surface area contributed by atoms with Crippen molar-refractivity contribution in [2.45, 2.75) is 6.61 Å². The number of sulfonamides is 1. The van der Waals surface area contributed by atoms with Crippen LogP contribution in [0.15, 0.2) is 48.8 Å². The molecule has 0 bridgehead atoms. The molecule has 0 unspecified atom stereocenters. The lowest BCUT2D eigenvalue weighted by Gasteiger charge is -2.13. The normalized spacial score (nSPS) is 11.2. The summed E-state index contributed by atoms with van der Waals surface area (Å²) >= 11 is 0. The highest BCUT2D eigenvalue weighted by atomic mass is 32.2. The number of amides is 1. The molecule has 30 heavy (non-hydrogen) atoms. The molecule has 2 aromatic carbocycles. The lowest BCUT2D eigenvalue weighted by atomic mass is 10.1. The second-order valence-corrected chi connectivity index (χ2v) is 7.95. The van der Waals surface area contributed by atoms with Crippen LogP contribution in [0.2, 0.25) is 0 Å². The first kappa shape index (κ1) is 21.2. The molecule has 0 radical (unpaired) electrons. The van der Waals surface area contributed by atoms with Crippen molar-refractivity contribution in [1.82, 2.24) is 14.5 Å². The van der Waals surface area contributed by atoms with Crippen LogP contribution in [0.1, 0.15) is 15.9 Å². The minimum absolute atomic E-state index is 0.154. The smallest absolute Gasteiger partial charge is 0.267 e. The zero-order chi connectivity index (χ0) is 21.9. The Hall–Kier alpha value is -3.47.